The number of amides is 1. The molecule has 0 bridgehead atoms. The molecule has 1 aromatic carbocycles. The van der Waals surface area contributed by atoms with Crippen molar-refractivity contribution in [3.8, 4) is 0 Å². The Hall–Kier alpha value is -2.53. The van der Waals surface area contributed by atoms with Crippen molar-refractivity contribution < 1.29 is 35.9 Å². The molecule has 1 aromatic heterocycles. The van der Waals surface area contributed by atoms with Gasteiger partial charge in [0, 0.05) is 19.3 Å². The number of carbonyl (C=O) groups excluding carboxylic acids is 1. The number of halogens is 7. The highest BCUT2D eigenvalue weighted by Gasteiger charge is 2.44. The van der Waals surface area contributed by atoms with E-state index < -0.39 is 36.7 Å². The number of rotatable bonds is 5. The molecular formula is C21H20ClF6N3O2. The van der Waals surface area contributed by atoms with Crippen molar-refractivity contribution in [3.63, 3.8) is 0 Å². The quantitative estimate of drug-likeness (QED) is 0.508. The topological polar surface area (TPSA) is 54.5 Å². The fourth-order valence-corrected chi connectivity index (χ4v) is 3.73. The van der Waals surface area contributed by atoms with E-state index in [2.05, 4.69) is 15.0 Å². The summed E-state index contributed by atoms with van der Waals surface area (Å²) in [5.41, 5.74) is -0.397. The number of likely N-dealkylation sites (tertiary alicyclic amines) is 1. The van der Waals surface area contributed by atoms with Crippen molar-refractivity contribution in [3.05, 3.63) is 58.7 Å². The highest BCUT2D eigenvalue weighted by atomic mass is 35.5. The highest BCUT2D eigenvalue weighted by molar-refractivity contribution is 6.30. The molecule has 1 aliphatic rings. The van der Waals surface area contributed by atoms with Crippen LogP contribution >= 0.6 is 11.6 Å². The maximum Gasteiger partial charge on any atom is 0.426 e. The summed E-state index contributed by atoms with van der Waals surface area (Å²) in [6.07, 6.45) is -10.9. The molecule has 2 heterocycles. The normalized spacial score (nSPS) is 18.6. The van der Waals surface area contributed by atoms with Crippen LogP contribution in [0.5, 0.6) is 0 Å². The number of carbonyl (C=O) groups is 1. The number of hydrogen-bond donors (Lipinski definition) is 1. The average molecular weight is 496 g/mol. The van der Waals surface area contributed by atoms with Crippen molar-refractivity contribution in [2.45, 2.75) is 37.2 Å². The number of anilines is 1. The summed E-state index contributed by atoms with van der Waals surface area (Å²) < 4.78 is 84.3. The number of pyridine rings is 1. The van der Waals surface area contributed by atoms with Gasteiger partial charge in [-0.25, -0.2) is 9.78 Å². The van der Waals surface area contributed by atoms with Crippen molar-refractivity contribution in [1.29, 1.82) is 0 Å². The predicted molar refractivity (Wildman–Crippen MR) is 109 cm³/mol. The third-order valence-electron chi connectivity index (χ3n) is 5.19. The van der Waals surface area contributed by atoms with Crippen LogP contribution in [0.4, 0.5) is 37.0 Å². The molecule has 0 radical (unpaired) electrons. The zero-order valence-corrected chi connectivity index (χ0v) is 17.8. The third kappa shape index (κ3) is 7.23. The van der Waals surface area contributed by atoms with Gasteiger partial charge in [-0.2, -0.15) is 26.3 Å². The fraction of sp³-hybridized carbons (Fsp3) is 0.429. The van der Waals surface area contributed by atoms with E-state index in [0.29, 0.717) is 24.9 Å². The van der Waals surface area contributed by atoms with Gasteiger partial charge in [0.25, 0.3) is 0 Å². The molecule has 1 unspecified atom stereocenters. The highest BCUT2D eigenvalue weighted by Crippen LogP contribution is 2.34. The van der Waals surface area contributed by atoms with Crippen molar-refractivity contribution in [2.24, 2.45) is 0 Å². The predicted octanol–water partition coefficient (Wildman–Crippen LogP) is 6.11. The maximum absolute atomic E-state index is 13.5. The standard InChI is InChI=1S/C21H20ClF6N3O2/c22-16-6-7-18(29-10-16)30-19(32)33-17(21(26,27)28)12-31-8-2-4-14(11-31)13-3-1-5-15(9-13)20(23,24)25/h1,3,5-7,9-10,14,17H,2,4,8,11-12H2,(H,29,30,32)/t14?,17-/m0/s1. The Kier molecular flexibility index (Phi) is 7.73. The van der Waals surface area contributed by atoms with Gasteiger partial charge < -0.3 is 4.74 Å². The first-order valence-corrected chi connectivity index (χ1v) is 10.3. The van der Waals surface area contributed by atoms with Crippen LogP contribution in [-0.2, 0) is 10.9 Å². The third-order valence-corrected chi connectivity index (χ3v) is 5.41. The minimum Gasteiger partial charge on any atom is -0.435 e. The lowest BCUT2D eigenvalue weighted by molar-refractivity contribution is -0.207. The summed E-state index contributed by atoms with van der Waals surface area (Å²) in [6.45, 7) is -0.232. The molecule has 0 aliphatic carbocycles. The number of hydrogen-bond acceptors (Lipinski definition) is 4. The fourth-order valence-electron chi connectivity index (χ4n) is 3.62. The summed E-state index contributed by atoms with van der Waals surface area (Å²) >= 11 is 5.67. The van der Waals surface area contributed by atoms with Crippen LogP contribution in [0.2, 0.25) is 5.02 Å². The van der Waals surface area contributed by atoms with E-state index in [0.717, 1.165) is 12.1 Å². The van der Waals surface area contributed by atoms with Gasteiger partial charge in [-0.1, -0.05) is 29.8 Å². The zero-order chi connectivity index (χ0) is 24.2. The maximum atomic E-state index is 13.5. The van der Waals surface area contributed by atoms with Gasteiger partial charge in [0.1, 0.15) is 5.82 Å². The lowest BCUT2D eigenvalue weighted by Crippen LogP contribution is -2.47. The van der Waals surface area contributed by atoms with Crippen LogP contribution in [0.3, 0.4) is 0 Å². The van der Waals surface area contributed by atoms with Crippen molar-refractivity contribution in [2.75, 3.05) is 25.0 Å². The molecule has 0 saturated carbocycles. The number of benzene rings is 1. The first-order valence-electron chi connectivity index (χ1n) is 9.97. The van der Waals surface area contributed by atoms with E-state index >= 15 is 0 Å². The zero-order valence-electron chi connectivity index (χ0n) is 17.1. The summed E-state index contributed by atoms with van der Waals surface area (Å²) in [6, 6.07) is 7.50. The van der Waals surface area contributed by atoms with Crippen LogP contribution in [0.15, 0.2) is 42.6 Å². The molecule has 12 heteroatoms. The van der Waals surface area contributed by atoms with Crippen LogP contribution in [0, 0.1) is 0 Å². The first kappa shape index (κ1) is 25.1. The molecule has 1 fully saturated rings. The summed E-state index contributed by atoms with van der Waals surface area (Å²) in [5, 5.41) is 2.39. The monoisotopic (exact) mass is 495 g/mol. The molecule has 180 valence electrons. The van der Waals surface area contributed by atoms with Crippen LogP contribution < -0.4 is 5.32 Å². The Labute approximate surface area is 190 Å². The van der Waals surface area contributed by atoms with E-state index in [4.69, 9.17) is 11.6 Å². The number of ether oxygens (including phenoxy) is 1. The molecule has 2 atom stereocenters. The molecule has 1 aliphatic heterocycles. The van der Waals surface area contributed by atoms with Crippen LogP contribution in [-0.4, -0.2) is 47.9 Å². The van der Waals surface area contributed by atoms with Gasteiger partial charge in [0.2, 0.25) is 6.10 Å². The van der Waals surface area contributed by atoms with Crippen LogP contribution in [0.25, 0.3) is 0 Å². The Balaban J connectivity index is 1.65. The minimum atomic E-state index is -4.84. The molecular weight excluding hydrogens is 476 g/mol. The summed E-state index contributed by atoms with van der Waals surface area (Å²) in [4.78, 5) is 17.2. The molecule has 2 aromatic rings. The van der Waals surface area contributed by atoms with E-state index in [1.807, 2.05) is 0 Å². The molecule has 1 N–H and O–H groups in total. The second-order valence-electron chi connectivity index (χ2n) is 7.64. The Morgan fingerprint density at radius 3 is 2.61 bits per heavy atom. The lowest BCUT2D eigenvalue weighted by Gasteiger charge is -2.35. The largest absolute Gasteiger partial charge is 0.435 e. The Morgan fingerprint density at radius 1 is 1.21 bits per heavy atom. The molecule has 3 rings (SSSR count). The molecule has 0 spiro atoms. The Morgan fingerprint density at radius 2 is 1.97 bits per heavy atom. The van der Waals surface area contributed by atoms with Gasteiger partial charge in [0.05, 0.1) is 10.6 Å². The summed E-state index contributed by atoms with van der Waals surface area (Å²) in [7, 11) is 0. The number of aromatic nitrogens is 1. The second kappa shape index (κ2) is 10.2. The van der Waals surface area contributed by atoms with Gasteiger partial charge in [-0.15, -0.1) is 0 Å². The SMILES string of the molecule is O=C(Nc1ccc(Cl)cn1)O[C@@H](CN1CCCC(c2cccc(C(F)(F)F)c2)C1)C(F)(F)F. The lowest BCUT2D eigenvalue weighted by atomic mass is 9.89. The second-order valence-corrected chi connectivity index (χ2v) is 8.08. The van der Waals surface area contributed by atoms with Gasteiger partial charge in [-0.05, 0) is 49.1 Å². The van der Waals surface area contributed by atoms with Gasteiger partial charge in [0.15, 0.2) is 0 Å². The molecule has 1 saturated heterocycles. The van der Waals surface area contributed by atoms with Crippen LogP contribution in [0.1, 0.15) is 29.9 Å². The molecule has 33 heavy (non-hydrogen) atoms. The van der Waals surface area contributed by atoms with Gasteiger partial charge >= 0.3 is 18.4 Å². The van der Waals surface area contributed by atoms with E-state index in [1.54, 1.807) is 0 Å². The molecule has 1 amide bonds. The Bertz CT molecular complexity index is 952. The van der Waals surface area contributed by atoms with Crippen molar-refractivity contribution in [1.82, 2.24) is 9.88 Å². The number of piperidine rings is 1. The summed E-state index contributed by atoms with van der Waals surface area (Å²) in [5.74, 6) is -0.407. The smallest absolute Gasteiger partial charge is 0.426 e. The number of nitrogens with one attached hydrogen (secondary N) is 1. The van der Waals surface area contributed by atoms with Crippen molar-refractivity contribution >= 4 is 23.5 Å². The number of nitrogens with zero attached hydrogens (tertiary/aromatic N) is 2. The average Bonchev–Trinajstić information content (AvgIpc) is 2.74. The molecule has 5 nitrogen and oxygen atoms in total. The van der Waals surface area contributed by atoms with E-state index in [-0.39, 0.29) is 23.3 Å². The first-order chi connectivity index (χ1) is 15.4. The van der Waals surface area contributed by atoms with E-state index in [9.17, 15) is 31.1 Å². The number of alkyl halides is 6. The van der Waals surface area contributed by atoms with Gasteiger partial charge in [-0.3, -0.25) is 10.2 Å². The van der Waals surface area contributed by atoms with E-state index in [1.165, 1.54) is 35.4 Å². The minimum absolute atomic E-state index is 0.0343.